The highest BCUT2D eigenvalue weighted by molar-refractivity contribution is 6.32. The van der Waals surface area contributed by atoms with Crippen LogP contribution in [0.5, 0.6) is 11.5 Å². The average molecular weight is 534 g/mol. The van der Waals surface area contributed by atoms with E-state index in [2.05, 4.69) is 29.2 Å². The molecule has 0 spiro atoms. The van der Waals surface area contributed by atoms with E-state index in [1.807, 2.05) is 32.0 Å². The summed E-state index contributed by atoms with van der Waals surface area (Å²) in [6.45, 7) is 5.70. The van der Waals surface area contributed by atoms with E-state index in [-0.39, 0.29) is 11.6 Å². The summed E-state index contributed by atoms with van der Waals surface area (Å²) >= 11 is 6.78. The SMILES string of the molecule is CCCOc1c(Cl)cc(C2C3=C(CCCC3=O)N(CCc3ccccc3)C3=C2C(=O)CCC3)cc1OCC. The molecule has 0 unspecified atom stereocenters. The first-order chi connectivity index (χ1) is 18.5. The molecular formula is C32H36ClNO4. The molecule has 0 radical (unpaired) electrons. The van der Waals surface area contributed by atoms with Crippen LogP contribution >= 0.6 is 11.6 Å². The van der Waals surface area contributed by atoms with E-state index in [0.29, 0.717) is 42.6 Å². The summed E-state index contributed by atoms with van der Waals surface area (Å²) in [7, 11) is 0. The van der Waals surface area contributed by atoms with Gasteiger partial charge in [0.2, 0.25) is 0 Å². The average Bonchev–Trinajstić information content (AvgIpc) is 2.92. The van der Waals surface area contributed by atoms with Gasteiger partial charge in [0.25, 0.3) is 0 Å². The van der Waals surface area contributed by atoms with E-state index in [9.17, 15) is 9.59 Å². The largest absolute Gasteiger partial charge is 0.490 e. The van der Waals surface area contributed by atoms with E-state index in [1.165, 1.54) is 5.56 Å². The van der Waals surface area contributed by atoms with Gasteiger partial charge < -0.3 is 14.4 Å². The third kappa shape index (κ3) is 5.13. The molecule has 5 nitrogen and oxygen atoms in total. The van der Waals surface area contributed by atoms with E-state index in [4.69, 9.17) is 21.1 Å². The lowest BCUT2D eigenvalue weighted by atomic mass is 9.71. The van der Waals surface area contributed by atoms with Gasteiger partial charge in [-0.3, -0.25) is 9.59 Å². The van der Waals surface area contributed by atoms with Crippen LogP contribution < -0.4 is 9.47 Å². The molecule has 2 aromatic carbocycles. The summed E-state index contributed by atoms with van der Waals surface area (Å²) in [5.41, 5.74) is 5.76. The Kier molecular flexibility index (Phi) is 8.23. The van der Waals surface area contributed by atoms with E-state index >= 15 is 0 Å². The second-order valence-corrected chi connectivity index (χ2v) is 10.6. The molecule has 38 heavy (non-hydrogen) atoms. The molecular weight excluding hydrogens is 498 g/mol. The molecule has 0 saturated carbocycles. The van der Waals surface area contributed by atoms with Gasteiger partial charge >= 0.3 is 0 Å². The Hall–Kier alpha value is -3.05. The van der Waals surface area contributed by atoms with Gasteiger partial charge in [0.05, 0.1) is 18.2 Å². The fourth-order valence-corrected chi connectivity index (χ4v) is 6.34. The first-order valence-corrected chi connectivity index (χ1v) is 14.3. The molecule has 0 saturated heterocycles. The van der Waals surface area contributed by atoms with Gasteiger partial charge in [-0.1, -0.05) is 48.9 Å². The number of carbonyl (C=O) groups excluding carboxylic acids is 2. The lowest BCUT2D eigenvalue weighted by molar-refractivity contribution is -0.117. The Morgan fingerprint density at radius 2 is 1.55 bits per heavy atom. The number of halogens is 1. The zero-order valence-corrected chi connectivity index (χ0v) is 23.1. The molecule has 0 bridgehead atoms. The van der Waals surface area contributed by atoms with Crippen molar-refractivity contribution in [3.63, 3.8) is 0 Å². The maximum Gasteiger partial charge on any atom is 0.179 e. The van der Waals surface area contributed by atoms with Gasteiger partial charge in [-0.2, -0.15) is 0 Å². The smallest absolute Gasteiger partial charge is 0.179 e. The van der Waals surface area contributed by atoms with Crippen LogP contribution in [0.4, 0.5) is 0 Å². The van der Waals surface area contributed by atoms with Crippen LogP contribution in [-0.4, -0.2) is 36.2 Å². The van der Waals surface area contributed by atoms with Crippen molar-refractivity contribution in [1.82, 2.24) is 4.90 Å². The Bertz CT molecular complexity index is 1240. The van der Waals surface area contributed by atoms with Crippen LogP contribution in [0.3, 0.4) is 0 Å². The summed E-state index contributed by atoms with van der Waals surface area (Å²) in [5, 5.41) is 0.446. The number of nitrogens with zero attached hydrogens (tertiary/aromatic N) is 1. The summed E-state index contributed by atoms with van der Waals surface area (Å²) in [6, 6.07) is 14.2. The second-order valence-electron chi connectivity index (χ2n) is 10.2. The van der Waals surface area contributed by atoms with Crippen LogP contribution in [0.25, 0.3) is 0 Å². The van der Waals surface area contributed by atoms with Crippen LogP contribution in [-0.2, 0) is 16.0 Å². The number of benzene rings is 2. The number of ether oxygens (including phenoxy) is 2. The van der Waals surface area contributed by atoms with Crippen molar-refractivity contribution in [2.75, 3.05) is 19.8 Å². The van der Waals surface area contributed by atoms with Crippen LogP contribution in [0, 0.1) is 0 Å². The number of hydrogen-bond donors (Lipinski definition) is 0. The predicted octanol–water partition coefficient (Wildman–Crippen LogP) is 7.18. The molecule has 6 heteroatoms. The minimum Gasteiger partial charge on any atom is -0.490 e. The maximum atomic E-state index is 13.6. The zero-order valence-electron chi connectivity index (χ0n) is 22.4. The van der Waals surface area contributed by atoms with E-state index < -0.39 is 5.92 Å². The van der Waals surface area contributed by atoms with Crippen LogP contribution in [0.2, 0.25) is 5.02 Å². The van der Waals surface area contributed by atoms with E-state index in [0.717, 1.165) is 73.2 Å². The van der Waals surface area contributed by atoms with Crippen molar-refractivity contribution in [3.8, 4) is 11.5 Å². The molecule has 1 aliphatic heterocycles. The summed E-state index contributed by atoms with van der Waals surface area (Å²) in [6.07, 6.45) is 6.04. The number of hydrogen-bond acceptors (Lipinski definition) is 5. The molecule has 0 atom stereocenters. The Morgan fingerprint density at radius 1 is 0.895 bits per heavy atom. The number of allylic oxidation sites excluding steroid dienone is 4. The fraction of sp³-hybridized carbons (Fsp3) is 0.438. The van der Waals surface area contributed by atoms with Crippen molar-refractivity contribution in [2.24, 2.45) is 0 Å². The quantitative estimate of drug-likeness (QED) is 0.341. The zero-order chi connectivity index (χ0) is 26.6. The number of rotatable bonds is 9. The maximum absolute atomic E-state index is 13.6. The highest BCUT2D eigenvalue weighted by atomic mass is 35.5. The highest BCUT2D eigenvalue weighted by Crippen LogP contribution is 2.51. The Labute approximate surface area is 230 Å². The minimum absolute atomic E-state index is 0.131. The molecule has 0 amide bonds. The lowest BCUT2D eigenvalue weighted by Crippen LogP contribution is -2.40. The Morgan fingerprint density at radius 3 is 2.16 bits per heavy atom. The highest BCUT2D eigenvalue weighted by Gasteiger charge is 2.43. The van der Waals surface area contributed by atoms with Gasteiger partial charge in [-0.15, -0.1) is 0 Å². The van der Waals surface area contributed by atoms with Crippen LogP contribution in [0.1, 0.15) is 75.8 Å². The van der Waals surface area contributed by atoms with E-state index in [1.54, 1.807) is 0 Å². The predicted molar refractivity (Wildman–Crippen MR) is 150 cm³/mol. The van der Waals surface area contributed by atoms with Crippen molar-refractivity contribution in [2.45, 2.75) is 71.1 Å². The first kappa shape index (κ1) is 26.6. The first-order valence-electron chi connectivity index (χ1n) is 14.0. The van der Waals surface area contributed by atoms with Crippen molar-refractivity contribution >= 4 is 23.2 Å². The molecule has 0 aromatic heterocycles. The molecule has 5 rings (SSSR count). The summed E-state index contributed by atoms with van der Waals surface area (Å²) in [5.74, 6) is 0.918. The molecule has 1 heterocycles. The summed E-state index contributed by atoms with van der Waals surface area (Å²) in [4.78, 5) is 29.5. The molecule has 0 N–H and O–H groups in total. The molecule has 0 fully saturated rings. The Balaban J connectivity index is 1.63. The van der Waals surface area contributed by atoms with Crippen molar-refractivity contribution in [1.29, 1.82) is 0 Å². The standard InChI is InChI=1S/C32H36ClNO4/c1-3-18-38-32-23(33)19-22(20-28(32)37-4-2)29-30-24(12-8-14-26(30)35)34(17-16-21-10-6-5-7-11-21)25-13-9-15-27(36)31(25)29/h5-7,10-11,19-20,29H,3-4,8-9,12-18H2,1-2H3. The topological polar surface area (TPSA) is 55.8 Å². The van der Waals surface area contributed by atoms with Gasteiger partial charge in [-0.25, -0.2) is 0 Å². The molecule has 2 aliphatic carbocycles. The van der Waals surface area contributed by atoms with Crippen molar-refractivity contribution in [3.05, 3.63) is 81.2 Å². The van der Waals surface area contributed by atoms with Gasteiger partial charge in [0.1, 0.15) is 0 Å². The van der Waals surface area contributed by atoms with Crippen molar-refractivity contribution < 1.29 is 19.1 Å². The third-order valence-electron chi connectivity index (χ3n) is 7.67. The minimum atomic E-state index is -0.425. The van der Waals surface area contributed by atoms with Gasteiger partial charge in [-0.05, 0) is 68.7 Å². The fourth-order valence-electron chi connectivity index (χ4n) is 6.07. The van der Waals surface area contributed by atoms with Gasteiger partial charge in [0.15, 0.2) is 23.1 Å². The second kappa shape index (κ2) is 11.8. The number of Topliss-reactive ketones (excluding diaryl/α,β-unsaturated/α-hetero) is 2. The molecule has 3 aliphatic rings. The van der Waals surface area contributed by atoms with Gasteiger partial charge in [0, 0.05) is 47.8 Å². The lowest BCUT2D eigenvalue weighted by Gasteiger charge is -2.44. The molecule has 200 valence electrons. The summed E-state index contributed by atoms with van der Waals surface area (Å²) < 4.78 is 11.9. The van der Waals surface area contributed by atoms with Crippen LogP contribution in [0.15, 0.2) is 65.0 Å². The monoisotopic (exact) mass is 533 g/mol. The normalized spacial score (nSPS) is 18.0. The number of carbonyl (C=O) groups is 2. The third-order valence-corrected chi connectivity index (χ3v) is 7.95. The number of ketones is 2. The molecule has 2 aromatic rings.